The van der Waals surface area contributed by atoms with Crippen LogP contribution in [0.25, 0.3) is 0 Å². The Bertz CT molecular complexity index is 541. The third-order valence-electron chi connectivity index (χ3n) is 2.88. The highest BCUT2D eigenvalue weighted by molar-refractivity contribution is 9.13. The van der Waals surface area contributed by atoms with Crippen LogP contribution in [-0.4, -0.2) is 0 Å². The number of hydrogen-bond donors (Lipinski definition) is 0. The second kappa shape index (κ2) is 6.21. The van der Waals surface area contributed by atoms with Gasteiger partial charge in [-0.3, -0.25) is 0 Å². The molecule has 18 heavy (non-hydrogen) atoms. The molecule has 0 amide bonds. The first kappa shape index (κ1) is 14.8. The maximum atomic E-state index is 3.80. The second-order valence-corrected chi connectivity index (χ2v) is 8.73. The van der Waals surface area contributed by atoms with Crippen LogP contribution in [0.5, 0.6) is 0 Å². The van der Waals surface area contributed by atoms with E-state index < -0.39 is 0 Å². The number of halogens is 3. The van der Waals surface area contributed by atoms with Crippen molar-refractivity contribution in [2.24, 2.45) is 0 Å². The van der Waals surface area contributed by atoms with Gasteiger partial charge in [-0.25, -0.2) is 0 Å². The molecule has 0 aliphatic rings. The summed E-state index contributed by atoms with van der Waals surface area (Å²) in [6.07, 6.45) is 1.02. The summed E-state index contributed by atoms with van der Waals surface area (Å²) in [6, 6.07) is 8.83. The summed E-state index contributed by atoms with van der Waals surface area (Å²) in [7, 11) is 0. The Morgan fingerprint density at radius 1 is 1.17 bits per heavy atom. The minimum Gasteiger partial charge on any atom is -0.131 e. The third-order valence-corrected chi connectivity index (χ3v) is 7.37. The Morgan fingerprint density at radius 2 is 1.89 bits per heavy atom. The van der Waals surface area contributed by atoms with E-state index in [2.05, 4.69) is 85.9 Å². The standard InChI is InChI=1S/C14H13Br3S/c1-8-3-4-9(2)10(5-8)6-11(15)13-7-12(16)14(17)18-13/h3-5,7,11H,6H2,1-2H3. The van der Waals surface area contributed by atoms with Gasteiger partial charge >= 0.3 is 0 Å². The highest BCUT2D eigenvalue weighted by atomic mass is 79.9. The van der Waals surface area contributed by atoms with Crippen LogP contribution in [0.15, 0.2) is 32.5 Å². The number of alkyl halides is 1. The van der Waals surface area contributed by atoms with Gasteiger partial charge in [0.15, 0.2) is 0 Å². The van der Waals surface area contributed by atoms with E-state index in [1.807, 2.05) is 0 Å². The van der Waals surface area contributed by atoms with E-state index in [-0.39, 0.29) is 0 Å². The average Bonchev–Trinajstić information content (AvgIpc) is 2.64. The minimum atomic E-state index is 0.366. The molecule has 0 spiro atoms. The monoisotopic (exact) mass is 450 g/mol. The van der Waals surface area contributed by atoms with E-state index in [0.717, 1.165) is 14.7 Å². The molecule has 1 unspecified atom stereocenters. The Labute approximate surface area is 137 Å². The lowest BCUT2D eigenvalue weighted by molar-refractivity contribution is 0.954. The predicted molar refractivity (Wildman–Crippen MR) is 91.0 cm³/mol. The first-order valence-electron chi connectivity index (χ1n) is 5.62. The zero-order valence-corrected chi connectivity index (χ0v) is 15.7. The fraction of sp³-hybridized carbons (Fsp3) is 0.286. The number of aryl methyl sites for hydroxylation is 2. The highest BCUT2D eigenvalue weighted by Gasteiger charge is 2.14. The van der Waals surface area contributed by atoms with Gasteiger partial charge in [-0.1, -0.05) is 39.7 Å². The van der Waals surface area contributed by atoms with Crippen LogP contribution in [0.4, 0.5) is 0 Å². The van der Waals surface area contributed by atoms with Gasteiger partial charge in [0, 0.05) is 9.35 Å². The molecule has 2 rings (SSSR count). The van der Waals surface area contributed by atoms with E-state index in [1.165, 1.54) is 21.6 Å². The van der Waals surface area contributed by atoms with Gasteiger partial charge in [-0.2, -0.15) is 0 Å². The largest absolute Gasteiger partial charge is 0.131 e. The molecule has 0 nitrogen and oxygen atoms in total. The Kier molecular flexibility index (Phi) is 5.09. The Hall–Kier alpha value is 0.360. The van der Waals surface area contributed by atoms with Crippen molar-refractivity contribution in [3.63, 3.8) is 0 Å². The molecule has 4 heteroatoms. The quantitative estimate of drug-likeness (QED) is 0.462. The topological polar surface area (TPSA) is 0 Å². The smallest absolute Gasteiger partial charge is 0.0843 e. The predicted octanol–water partition coefficient (Wildman–Crippen LogP) is 6.57. The van der Waals surface area contributed by atoms with E-state index in [9.17, 15) is 0 Å². The van der Waals surface area contributed by atoms with E-state index >= 15 is 0 Å². The molecular formula is C14H13Br3S. The fourth-order valence-electron chi connectivity index (χ4n) is 1.83. The molecule has 2 aromatic rings. The molecule has 0 aliphatic carbocycles. The Balaban J connectivity index is 2.20. The summed E-state index contributed by atoms with van der Waals surface area (Å²) in [5.41, 5.74) is 4.10. The summed E-state index contributed by atoms with van der Waals surface area (Å²) in [4.78, 5) is 1.71. The van der Waals surface area contributed by atoms with E-state index in [1.54, 1.807) is 11.3 Å². The van der Waals surface area contributed by atoms with Crippen molar-refractivity contribution in [1.29, 1.82) is 0 Å². The highest BCUT2D eigenvalue weighted by Crippen LogP contribution is 2.40. The van der Waals surface area contributed by atoms with Gasteiger partial charge in [-0.05, 0) is 69.3 Å². The number of thiophene rings is 1. The molecule has 1 aromatic heterocycles. The average molecular weight is 453 g/mol. The van der Waals surface area contributed by atoms with Crippen molar-refractivity contribution in [3.8, 4) is 0 Å². The van der Waals surface area contributed by atoms with Crippen LogP contribution in [0, 0.1) is 13.8 Å². The normalized spacial score (nSPS) is 12.7. The number of hydrogen-bond acceptors (Lipinski definition) is 1. The number of rotatable bonds is 3. The SMILES string of the molecule is Cc1ccc(C)c(CC(Br)c2cc(Br)c(Br)s2)c1. The fourth-order valence-corrected chi connectivity index (χ4v) is 4.66. The summed E-state index contributed by atoms with van der Waals surface area (Å²) in [5, 5.41) is 0. The third kappa shape index (κ3) is 3.47. The molecule has 0 bridgehead atoms. The van der Waals surface area contributed by atoms with Crippen molar-refractivity contribution in [1.82, 2.24) is 0 Å². The lowest BCUT2D eigenvalue weighted by Gasteiger charge is -2.11. The lowest BCUT2D eigenvalue weighted by atomic mass is 10.0. The minimum absolute atomic E-state index is 0.366. The van der Waals surface area contributed by atoms with Crippen LogP contribution in [-0.2, 0) is 6.42 Å². The Morgan fingerprint density at radius 3 is 2.50 bits per heavy atom. The van der Waals surface area contributed by atoms with Crippen LogP contribution >= 0.6 is 59.1 Å². The van der Waals surface area contributed by atoms with Gasteiger partial charge < -0.3 is 0 Å². The van der Waals surface area contributed by atoms with Crippen LogP contribution in [0.2, 0.25) is 0 Å². The van der Waals surface area contributed by atoms with Gasteiger partial charge in [0.25, 0.3) is 0 Å². The molecule has 96 valence electrons. The lowest BCUT2D eigenvalue weighted by Crippen LogP contribution is -1.96. The molecule has 0 radical (unpaired) electrons. The molecule has 1 atom stereocenters. The number of benzene rings is 1. The maximum absolute atomic E-state index is 3.80. The van der Waals surface area contributed by atoms with Crippen molar-refractivity contribution in [3.05, 3.63) is 54.1 Å². The van der Waals surface area contributed by atoms with Gasteiger partial charge in [0.05, 0.1) is 8.61 Å². The van der Waals surface area contributed by atoms with Crippen LogP contribution < -0.4 is 0 Å². The first-order valence-corrected chi connectivity index (χ1v) is 8.94. The molecule has 0 fully saturated rings. The summed E-state index contributed by atoms with van der Waals surface area (Å²) in [6.45, 7) is 4.32. The van der Waals surface area contributed by atoms with Gasteiger partial charge in [-0.15, -0.1) is 11.3 Å². The van der Waals surface area contributed by atoms with Crippen molar-refractivity contribution >= 4 is 59.1 Å². The van der Waals surface area contributed by atoms with Gasteiger partial charge in [0.2, 0.25) is 0 Å². The zero-order chi connectivity index (χ0) is 13.3. The maximum Gasteiger partial charge on any atom is 0.0843 e. The molecule has 0 saturated heterocycles. The van der Waals surface area contributed by atoms with Gasteiger partial charge in [0.1, 0.15) is 0 Å². The van der Waals surface area contributed by atoms with Crippen molar-refractivity contribution in [2.45, 2.75) is 25.1 Å². The summed E-state index contributed by atoms with van der Waals surface area (Å²) in [5.74, 6) is 0. The molecule has 1 heterocycles. The molecule has 0 aliphatic heterocycles. The van der Waals surface area contributed by atoms with E-state index in [4.69, 9.17) is 0 Å². The van der Waals surface area contributed by atoms with Crippen LogP contribution in [0.3, 0.4) is 0 Å². The van der Waals surface area contributed by atoms with Crippen molar-refractivity contribution < 1.29 is 0 Å². The summed E-state index contributed by atoms with van der Waals surface area (Å²) >= 11 is 12.7. The molecule has 1 aromatic carbocycles. The molecule has 0 N–H and O–H groups in total. The zero-order valence-electron chi connectivity index (χ0n) is 10.1. The van der Waals surface area contributed by atoms with Crippen LogP contribution in [0.1, 0.15) is 26.4 Å². The van der Waals surface area contributed by atoms with Crippen molar-refractivity contribution in [2.75, 3.05) is 0 Å². The molecular weight excluding hydrogens is 440 g/mol. The summed E-state index contributed by atoms with van der Waals surface area (Å²) < 4.78 is 2.29. The van der Waals surface area contributed by atoms with E-state index in [0.29, 0.717) is 4.83 Å². The molecule has 0 saturated carbocycles. The second-order valence-electron chi connectivity index (χ2n) is 4.37. The first-order chi connectivity index (χ1) is 8.47.